The fraction of sp³-hybridized carbons (Fsp3) is 0.308. The summed E-state index contributed by atoms with van der Waals surface area (Å²) in [5, 5.41) is 11.2. The number of hydrogen-bond acceptors (Lipinski definition) is 4. The number of aliphatic carboxylic acids is 1. The number of amides is 1. The summed E-state index contributed by atoms with van der Waals surface area (Å²) in [7, 11) is 0. The first-order valence-electron chi connectivity index (χ1n) is 5.84. The summed E-state index contributed by atoms with van der Waals surface area (Å²) in [5.41, 5.74) is 0.890. The van der Waals surface area contributed by atoms with Gasteiger partial charge in [0.05, 0.1) is 12.1 Å². The smallest absolute Gasteiger partial charge is 0.303 e. The van der Waals surface area contributed by atoms with Gasteiger partial charge < -0.3 is 15.2 Å². The SMILES string of the molecule is CC1Oc2cc(C(=O)CCC(=O)O)ccc2NC1=O. The highest BCUT2D eigenvalue weighted by Crippen LogP contribution is 2.30. The number of rotatable bonds is 4. The molecule has 100 valence electrons. The van der Waals surface area contributed by atoms with E-state index in [0.29, 0.717) is 17.0 Å². The van der Waals surface area contributed by atoms with Crippen molar-refractivity contribution in [2.75, 3.05) is 5.32 Å². The minimum atomic E-state index is -1.01. The van der Waals surface area contributed by atoms with Gasteiger partial charge in [-0.3, -0.25) is 14.4 Å². The Kier molecular flexibility index (Phi) is 3.50. The molecule has 2 N–H and O–H groups in total. The predicted octanol–water partition coefficient (Wildman–Crippen LogP) is 1.45. The average Bonchev–Trinajstić information content (AvgIpc) is 2.36. The van der Waals surface area contributed by atoms with E-state index in [1.165, 1.54) is 6.07 Å². The number of fused-ring (bicyclic) bond motifs is 1. The quantitative estimate of drug-likeness (QED) is 0.802. The van der Waals surface area contributed by atoms with E-state index in [4.69, 9.17) is 9.84 Å². The van der Waals surface area contributed by atoms with Crippen LogP contribution in [0.15, 0.2) is 18.2 Å². The van der Waals surface area contributed by atoms with Gasteiger partial charge in [0, 0.05) is 12.0 Å². The van der Waals surface area contributed by atoms with E-state index in [0.717, 1.165) is 0 Å². The zero-order valence-electron chi connectivity index (χ0n) is 10.3. The monoisotopic (exact) mass is 263 g/mol. The second-order valence-electron chi connectivity index (χ2n) is 4.28. The molecule has 0 fully saturated rings. The number of carbonyl (C=O) groups excluding carboxylic acids is 2. The molecule has 0 saturated heterocycles. The Morgan fingerprint density at radius 2 is 2.11 bits per heavy atom. The van der Waals surface area contributed by atoms with Crippen LogP contribution in [0.3, 0.4) is 0 Å². The molecule has 1 atom stereocenters. The molecule has 1 unspecified atom stereocenters. The lowest BCUT2D eigenvalue weighted by Gasteiger charge is -2.23. The maximum atomic E-state index is 11.8. The number of ether oxygens (including phenoxy) is 1. The third-order valence-electron chi connectivity index (χ3n) is 2.80. The normalized spacial score (nSPS) is 17.1. The highest BCUT2D eigenvalue weighted by molar-refractivity contribution is 6.01. The summed E-state index contributed by atoms with van der Waals surface area (Å²) in [6, 6.07) is 4.64. The number of benzene rings is 1. The Bertz CT molecular complexity index is 552. The second kappa shape index (κ2) is 5.09. The lowest BCUT2D eigenvalue weighted by atomic mass is 10.0. The van der Waals surface area contributed by atoms with Crippen LogP contribution in [0.5, 0.6) is 5.75 Å². The molecular weight excluding hydrogens is 250 g/mol. The van der Waals surface area contributed by atoms with Gasteiger partial charge in [-0.25, -0.2) is 0 Å². The number of carboxylic acid groups (broad SMARTS) is 1. The van der Waals surface area contributed by atoms with Gasteiger partial charge in [-0.1, -0.05) is 0 Å². The topological polar surface area (TPSA) is 92.7 Å². The Morgan fingerprint density at radius 3 is 2.79 bits per heavy atom. The van der Waals surface area contributed by atoms with Gasteiger partial charge >= 0.3 is 5.97 Å². The summed E-state index contributed by atoms with van der Waals surface area (Å²) in [6.07, 6.45) is -0.878. The van der Waals surface area contributed by atoms with Crippen LogP contribution in [0, 0.1) is 0 Å². The predicted molar refractivity (Wildman–Crippen MR) is 66.4 cm³/mol. The molecule has 1 aliphatic rings. The third kappa shape index (κ3) is 2.90. The molecule has 0 bridgehead atoms. The van der Waals surface area contributed by atoms with Crippen molar-refractivity contribution in [3.05, 3.63) is 23.8 Å². The molecule has 0 aromatic heterocycles. The summed E-state index contributed by atoms with van der Waals surface area (Å²) < 4.78 is 5.38. The van der Waals surface area contributed by atoms with Crippen molar-refractivity contribution in [3.8, 4) is 5.75 Å². The highest BCUT2D eigenvalue weighted by atomic mass is 16.5. The number of ketones is 1. The molecule has 0 saturated carbocycles. The van der Waals surface area contributed by atoms with Crippen molar-refractivity contribution in [2.45, 2.75) is 25.9 Å². The highest BCUT2D eigenvalue weighted by Gasteiger charge is 2.24. The molecule has 0 radical (unpaired) electrons. The molecule has 6 nitrogen and oxygen atoms in total. The van der Waals surface area contributed by atoms with Gasteiger partial charge in [0.1, 0.15) is 5.75 Å². The van der Waals surface area contributed by atoms with Gasteiger partial charge in [-0.05, 0) is 25.1 Å². The molecule has 0 spiro atoms. The fourth-order valence-corrected chi connectivity index (χ4v) is 1.74. The maximum Gasteiger partial charge on any atom is 0.303 e. The molecule has 6 heteroatoms. The van der Waals surface area contributed by atoms with Crippen LogP contribution >= 0.6 is 0 Å². The Hall–Kier alpha value is -2.37. The first kappa shape index (κ1) is 13.1. The summed E-state index contributed by atoms with van der Waals surface area (Å²) in [4.78, 5) is 33.6. The fourth-order valence-electron chi connectivity index (χ4n) is 1.74. The lowest BCUT2D eigenvalue weighted by Crippen LogP contribution is -2.34. The lowest BCUT2D eigenvalue weighted by molar-refractivity contribution is -0.137. The molecule has 0 aliphatic carbocycles. The molecule has 19 heavy (non-hydrogen) atoms. The van der Waals surface area contributed by atoms with E-state index in [1.807, 2.05) is 0 Å². The van der Waals surface area contributed by atoms with Crippen molar-refractivity contribution in [1.82, 2.24) is 0 Å². The van der Waals surface area contributed by atoms with Crippen LogP contribution in [0.1, 0.15) is 30.1 Å². The zero-order chi connectivity index (χ0) is 14.0. The first-order valence-corrected chi connectivity index (χ1v) is 5.84. The van der Waals surface area contributed by atoms with Gasteiger partial charge in [0.2, 0.25) is 0 Å². The minimum absolute atomic E-state index is 0.0595. The van der Waals surface area contributed by atoms with E-state index in [-0.39, 0.29) is 24.5 Å². The standard InChI is InChI=1S/C13H13NO5/c1-7-13(18)14-9-3-2-8(6-11(9)19-7)10(15)4-5-12(16)17/h2-3,6-7H,4-5H2,1H3,(H,14,18)(H,16,17). The van der Waals surface area contributed by atoms with Crippen LogP contribution in [0.25, 0.3) is 0 Å². The zero-order valence-corrected chi connectivity index (χ0v) is 10.3. The minimum Gasteiger partial charge on any atom is -0.481 e. The Balaban J connectivity index is 2.17. The number of carbonyl (C=O) groups is 3. The van der Waals surface area contributed by atoms with Crippen LogP contribution in [-0.4, -0.2) is 28.9 Å². The average molecular weight is 263 g/mol. The van der Waals surface area contributed by atoms with Crippen LogP contribution in [0.2, 0.25) is 0 Å². The van der Waals surface area contributed by atoms with E-state index < -0.39 is 12.1 Å². The van der Waals surface area contributed by atoms with Gasteiger partial charge in [-0.2, -0.15) is 0 Å². The van der Waals surface area contributed by atoms with Gasteiger partial charge in [-0.15, -0.1) is 0 Å². The third-order valence-corrected chi connectivity index (χ3v) is 2.80. The molecular formula is C13H13NO5. The van der Waals surface area contributed by atoms with Crippen molar-refractivity contribution in [2.24, 2.45) is 0 Å². The van der Waals surface area contributed by atoms with E-state index in [9.17, 15) is 14.4 Å². The number of anilines is 1. The number of carboxylic acids is 1. The molecule has 2 rings (SSSR count). The maximum absolute atomic E-state index is 11.8. The van der Waals surface area contributed by atoms with Crippen molar-refractivity contribution < 1.29 is 24.2 Å². The van der Waals surface area contributed by atoms with Crippen LogP contribution in [0.4, 0.5) is 5.69 Å². The summed E-state index contributed by atoms with van der Waals surface area (Å²) in [6.45, 7) is 1.61. The van der Waals surface area contributed by atoms with Gasteiger partial charge in [0.15, 0.2) is 11.9 Å². The number of hydrogen-bond donors (Lipinski definition) is 2. The Labute approximate surface area is 109 Å². The molecule has 1 aromatic carbocycles. The van der Waals surface area contributed by atoms with Crippen molar-refractivity contribution in [3.63, 3.8) is 0 Å². The molecule has 1 heterocycles. The van der Waals surface area contributed by atoms with E-state index in [2.05, 4.69) is 5.32 Å². The van der Waals surface area contributed by atoms with E-state index in [1.54, 1.807) is 19.1 Å². The summed E-state index contributed by atoms with van der Waals surface area (Å²) in [5.74, 6) is -1.09. The molecule has 1 aromatic rings. The van der Waals surface area contributed by atoms with Crippen molar-refractivity contribution in [1.29, 1.82) is 0 Å². The van der Waals surface area contributed by atoms with Crippen molar-refractivity contribution >= 4 is 23.3 Å². The largest absolute Gasteiger partial charge is 0.481 e. The number of Topliss-reactive ketones (excluding diaryl/α,β-unsaturated/α-hetero) is 1. The summed E-state index contributed by atoms with van der Waals surface area (Å²) >= 11 is 0. The second-order valence-corrected chi connectivity index (χ2v) is 4.28. The van der Waals surface area contributed by atoms with Gasteiger partial charge in [0.25, 0.3) is 5.91 Å². The Morgan fingerprint density at radius 1 is 1.37 bits per heavy atom. The molecule has 1 aliphatic heterocycles. The van der Waals surface area contributed by atoms with Crippen LogP contribution < -0.4 is 10.1 Å². The number of nitrogens with one attached hydrogen (secondary N) is 1. The molecule has 1 amide bonds. The van der Waals surface area contributed by atoms with Crippen LogP contribution in [-0.2, 0) is 9.59 Å². The van der Waals surface area contributed by atoms with E-state index >= 15 is 0 Å². The first-order chi connectivity index (χ1) is 8.97.